The first-order valence-electron chi connectivity index (χ1n) is 11.0. The van der Waals surface area contributed by atoms with Gasteiger partial charge in [0.05, 0.1) is 0 Å². The van der Waals surface area contributed by atoms with Gasteiger partial charge < -0.3 is 9.84 Å². The van der Waals surface area contributed by atoms with E-state index in [-0.39, 0.29) is 17.8 Å². The second-order valence-electron chi connectivity index (χ2n) is 10.5. The summed E-state index contributed by atoms with van der Waals surface area (Å²) in [7, 11) is 0. The maximum atomic E-state index is 12.9. The maximum Gasteiger partial charge on any atom is 0.303 e. The zero-order valence-electron chi connectivity index (χ0n) is 17.5. The highest BCUT2D eigenvalue weighted by Gasteiger charge is 2.66. The quantitative estimate of drug-likeness (QED) is 0.747. The highest BCUT2D eigenvalue weighted by molar-refractivity contribution is 5.91. The van der Waals surface area contributed by atoms with Crippen LogP contribution in [0.25, 0.3) is 0 Å². The van der Waals surface area contributed by atoms with Crippen molar-refractivity contribution in [1.29, 1.82) is 0 Å². The van der Waals surface area contributed by atoms with Crippen LogP contribution in [0.3, 0.4) is 0 Å². The minimum Gasteiger partial charge on any atom is -0.458 e. The van der Waals surface area contributed by atoms with Crippen molar-refractivity contribution < 1.29 is 24.2 Å². The van der Waals surface area contributed by atoms with Crippen molar-refractivity contribution in [1.82, 2.24) is 0 Å². The largest absolute Gasteiger partial charge is 0.458 e. The van der Waals surface area contributed by atoms with Gasteiger partial charge in [-0.05, 0) is 74.0 Å². The Balaban J connectivity index is 1.57. The smallest absolute Gasteiger partial charge is 0.303 e. The molecule has 4 aliphatic carbocycles. The van der Waals surface area contributed by atoms with Gasteiger partial charge in [0.2, 0.25) is 5.78 Å². The number of hydrogen-bond acceptors (Lipinski definition) is 5. The molecule has 5 heteroatoms. The first-order chi connectivity index (χ1) is 13.1. The van der Waals surface area contributed by atoms with Crippen molar-refractivity contribution in [2.45, 2.75) is 84.2 Å². The van der Waals surface area contributed by atoms with Crippen molar-refractivity contribution >= 4 is 17.5 Å². The number of ether oxygens (including phenoxy) is 1. The summed E-state index contributed by atoms with van der Waals surface area (Å²) in [5, 5.41) is 11.5. The molecule has 0 amide bonds. The van der Waals surface area contributed by atoms with Crippen LogP contribution in [-0.4, -0.2) is 34.9 Å². The third kappa shape index (κ3) is 2.72. The van der Waals surface area contributed by atoms with E-state index < -0.39 is 17.0 Å². The zero-order chi connectivity index (χ0) is 20.3. The maximum absolute atomic E-state index is 12.9. The van der Waals surface area contributed by atoms with Gasteiger partial charge in [0.25, 0.3) is 0 Å². The summed E-state index contributed by atoms with van der Waals surface area (Å²) >= 11 is 0. The average molecular weight is 391 g/mol. The minimum atomic E-state index is -1.39. The third-order valence-corrected chi connectivity index (χ3v) is 9.50. The molecule has 0 radical (unpaired) electrons. The summed E-state index contributed by atoms with van der Waals surface area (Å²) < 4.78 is 4.93. The Morgan fingerprint density at radius 1 is 1.07 bits per heavy atom. The number of ketones is 2. The number of hydrogen-bond donors (Lipinski definition) is 1. The van der Waals surface area contributed by atoms with Gasteiger partial charge in [-0.3, -0.25) is 14.4 Å². The van der Waals surface area contributed by atoms with Crippen molar-refractivity contribution in [2.24, 2.45) is 34.5 Å². The molecular formula is C23H34O5. The highest BCUT2D eigenvalue weighted by Crippen LogP contribution is 2.68. The number of esters is 1. The Kier molecular flexibility index (Phi) is 4.76. The molecule has 4 saturated carbocycles. The lowest BCUT2D eigenvalue weighted by Crippen LogP contribution is -2.59. The van der Waals surface area contributed by atoms with E-state index >= 15 is 0 Å². The van der Waals surface area contributed by atoms with Crippen LogP contribution in [0.5, 0.6) is 0 Å². The van der Waals surface area contributed by atoms with E-state index in [9.17, 15) is 19.5 Å². The second-order valence-corrected chi connectivity index (χ2v) is 10.5. The predicted octanol–water partition coefficient (Wildman–Crippen LogP) is 3.46. The monoisotopic (exact) mass is 390 g/mol. The van der Waals surface area contributed by atoms with E-state index in [0.717, 1.165) is 44.9 Å². The van der Waals surface area contributed by atoms with Crippen molar-refractivity contribution in [2.75, 3.05) is 6.61 Å². The predicted molar refractivity (Wildman–Crippen MR) is 103 cm³/mol. The molecule has 28 heavy (non-hydrogen) atoms. The van der Waals surface area contributed by atoms with Crippen LogP contribution >= 0.6 is 0 Å². The molecule has 0 saturated heterocycles. The Hall–Kier alpha value is -1.23. The molecule has 0 heterocycles. The molecule has 4 rings (SSSR count). The van der Waals surface area contributed by atoms with Gasteiger partial charge in [0.15, 0.2) is 6.61 Å². The SMILES string of the molecule is CC(=O)OCC(=O)[C@@]1(O)CC[C@H]2[C@H]3CC[C@H]4CC(=O)CC[C@]4(C)[C@H]3CC[C@@]21C. The molecule has 4 fully saturated rings. The third-order valence-electron chi connectivity index (χ3n) is 9.50. The molecular weight excluding hydrogens is 356 g/mol. The van der Waals surface area contributed by atoms with E-state index in [2.05, 4.69) is 13.8 Å². The Morgan fingerprint density at radius 3 is 2.50 bits per heavy atom. The fourth-order valence-electron chi connectivity index (χ4n) is 7.81. The van der Waals surface area contributed by atoms with Crippen LogP contribution in [0, 0.1) is 34.5 Å². The molecule has 1 N–H and O–H groups in total. The van der Waals surface area contributed by atoms with Crippen LogP contribution < -0.4 is 0 Å². The van der Waals surface area contributed by atoms with Crippen LogP contribution in [0.2, 0.25) is 0 Å². The number of carbonyl (C=O) groups excluding carboxylic acids is 3. The molecule has 0 unspecified atom stereocenters. The number of rotatable bonds is 3. The number of fused-ring (bicyclic) bond motifs is 5. The molecule has 7 atom stereocenters. The fraction of sp³-hybridized carbons (Fsp3) is 0.870. The van der Waals surface area contributed by atoms with Crippen molar-refractivity contribution in [3.8, 4) is 0 Å². The second kappa shape index (κ2) is 6.65. The number of Topliss-reactive ketones (excluding diaryl/α,β-unsaturated/α-hetero) is 2. The van der Waals surface area contributed by atoms with Gasteiger partial charge in [-0.15, -0.1) is 0 Å². The van der Waals surface area contributed by atoms with Gasteiger partial charge in [0.1, 0.15) is 11.4 Å². The molecule has 0 aromatic heterocycles. The van der Waals surface area contributed by atoms with Crippen molar-refractivity contribution in [3.05, 3.63) is 0 Å². The van der Waals surface area contributed by atoms with E-state index in [1.807, 2.05) is 0 Å². The average Bonchev–Trinajstić information content (AvgIpc) is 2.92. The number of aliphatic hydroxyl groups is 1. The summed E-state index contributed by atoms with van der Waals surface area (Å²) in [5.74, 6) is 1.53. The molecule has 0 aromatic carbocycles. The van der Waals surface area contributed by atoms with E-state index in [1.54, 1.807) is 0 Å². The fourth-order valence-corrected chi connectivity index (χ4v) is 7.81. The van der Waals surface area contributed by atoms with Gasteiger partial charge in [-0.25, -0.2) is 0 Å². The van der Waals surface area contributed by atoms with Crippen LogP contribution in [0.4, 0.5) is 0 Å². The first-order valence-corrected chi connectivity index (χ1v) is 11.0. The lowest BCUT2D eigenvalue weighted by molar-refractivity contribution is -0.175. The zero-order valence-corrected chi connectivity index (χ0v) is 17.5. The summed E-state index contributed by atoms with van der Waals surface area (Å²) in [5.41, 5.74) is -1.61. The summed E-state index contributed by atoms with van der Waals surface area (Å²) in [6.45, 7) is 5.45. The molecule has 0 aliphatic heterocycles. The van der Waals surface area contributed by atoms with Crippen molar-refractivity contribution in [3.63, 3.8) is 0 Å². The molecule has 5 nitrogen and oxygen atoms in total. The molecule has 0 aromatic rings. The van der Waals surface area contributed by atoms with E-state index in [0.29, 0.717) is 42.3 Å². The highest BCUT2D eigenvalue weighted by atomic mass is 16.5. The van der Waals surface area contributed by atoms with Crippen LogP contribution in [0.15, 0.2) is 0 Å². The van der Waals surface area contributed by atoms with E-state index in [4.69, 9.17) is 4.74 Å². The van der Waals surface area contributed by atoms with Crippen LogP contribution in [0.1, 0.15) is 78.6 Å². The standard InChI is InChI=1S/C23H34O5/c1-14(24)28-13-20(26)23(27)11-8-19-17-5-4-15-12-16(25)6-9-21(15,2)18(17)7-10-22(19,23)3/h15,17-19,27H,4-13H2,1-3H3/t15-,17-,18-,19-,21-,22-,23-/m0/s1. The van der Waals surface area contributed by atoms with Crippen LogP contribution in [-0.2, 0) is 19.1 Å². The van der Waals surface area contributed by atoms with Gasteiger partial charge in [0, 0.05) is 25.2 Å². The lowest BCUT2D eigenvalue weighted by Gasteiger charge is -2.60. The molecule has 0 bridgehead atoms. The van der Waals surface area contributed by atoms with Gasteiger partial charge in [-0.2, -0.15) is 0 Å². The first kappa shape index (κ1) is 20.1. The Labute approximate surface area is 167 Å². The Bertz CT molecular complexity index is 701. The molecule has 0 spiro atoms. The normalized spacial score (nSPS) is 47.6. The summed E-state index contributed by atoms with van der Waals surface area (Å²) in [4.78, 5) is 36.0. The molecule has 156 valence electrons. The number of carbonyl (C=O) groups is 3. The van der Waals surface area contributed by atoms with E-state index in [1.165, 1.54) is 6.92 Å². The van der Waals surface area contributed by atoms with Gasteiger partial charge >= 0.3 is 5.97 Å². The summed E-state index contributed by atoms with van der Waals surface area (Å²) in [6, 6.07) is 0. The Morgan fingerprint density at radius 2 is 1.79 bits per heavy atom. The lowest BCUT2D eigenvalue weighted by atomic mass is 9.44. The molecule has 4 aliphatic rings. The summed E-state index contributed by atoms with van der Waals surface area (Å²) in [6.07, 6.45) is 7.82. The van der Waals surface area contributed by atoms with Gasteiger partial charge in [-0.1, -0.05) is 13.8 Å². The topological polar surface area (TPSA) is 80.7 Å². The minimum absolute atomic E-state index is 0.223.